The molecule has 0 spiro atoms. The summed E-state index contributed by atoms with van der Waals surface area (Å²) in [6.45, 7) is 1.75. The molecule has 0 aliphatic rings. The number of hydrogen-bond donors (Lipinski definition) is 0. The highest BCUT2D eigenvalue weighted by molar-refractivity contribution is 7.93. The van der Waals surface area contributed by atoms with Crippen LogP contribution in [0.5, 0.6) is 5.75 Å². The quantitative estimate of drug-likeness (QED) is 0.606. The highest BCUT2D eigenvalue weighted by Crippen LogP contribution is 2.33. The van der Waals surface area contributed by atoms with E-state index in [1.165, 1.54) is 37.4 Å². The Labute approximate surface area is 169 Å². The van der Waals surface area contributed by atoms with Crippen LogP contribution in [-0.4, -0.2) is 21.4 Å². The fraction of sp³-hybridized carbons (Fsp3) is 0.0952. The van der Waals surface area contributed by atoms with Crippen molar-refractivity contribution in [2.24, 2.45) is 0 Å². The van der Waals surface area contributed by atoms with Crippen LogP contribution < -0.4 is 9.04 Å². The second-order valence-corrected chi connectivity index (χ2v) is 8.22. The number of amides is 1. The van der Waals surface area contributed by atoms with Crippen molar-refractivity contribution in [3.05, 3.63) is 88.9 Å². The molecule has 1 amide bonds. The number of halogens is 1. The molecule has 0 saturated heterocycles. The molecule has 3 aromatic rings. The fourth-order valence-corrected chi connectivity index (χ4v) is 4.44. The van der Waals surface area contributed by atoms with E-state index in [0.29, 0.717) is 11.3 Å². The van der Waals surface area contributed by atoms with Gasteiger partial charge >= 0.3 is 0 Å². The lowest BCUT2D eigenvalue weighted by molar-refractivity contribution is 0.100. The van der Waals surface area contributed by atoms with E-state index in [0.717, 1.165) is 4.31 Å². The zero-order chi connectivity index (χ0) is 20.3. The van der Waals surface area contributed by atoms with Gasteiger partial charge in [-0.05, 0) is 48.9 Å². The zero-order valence-corrected chi connectivity index (χ0v) is 16.9. The van der Waals surface area contributed by atoms with Crippen molar-refractivity contribution in [1.82, 2.24) is 0 Å². The molecule has 0 bridgehead atoms. The first-order chi connectivity index (χ1) is 13.4. The van der Waals surface area contributed by atoms with Gasteiger partial charge in [0.1, 0.15) is 5.75 Å². The Kier molecular flexibility index (Phi) is 5.72. The van der Waals surface area contributed by atoms with Crippen LogP contribution in [0.2, 0.25) is 5.02 Å². The Bertz CT molecular complexity index is 1110. The van der Waals surface area contributed by atoms with Crippen molar-refractivity contribution < 1.29 is 17.9 Å². The molecule has 0 aromatic heterocycles. The molecule has 0 fully saturated rings. The molecule has 0 radical (unpaired) electrons. The van der Waals surface area contributed by atoms with Gasteiger partial charge in [0.15, 0.2) is 0 Å². The van der Waals surface area contributed by atoms with Crippen LogP contribution in [0.1, 0.15) is 15.9 Å². The van der Waals surface area contributed by atoms with E-state index in [1.54, 1.807) is 49.4 Å². The Morgan fingerprint density at radius 2 is 1.61 bits per heavy atom. The molecule has 0 aliphatic carbocycles. The second-order valence-electron chi connectivity index (χ2n) is 6.02. The van der Waals surface area contributed by atoms with Crippen LogP contribution in [0.15, 0.2) is 77.7 Å². The molecule has 0 unspecified atom stereocenters. The van der Waals surface area contributed by atoms with Crippen molar-refractivity contribution in [2.75, 3.05) is 11.4 Å². The smallest absolute Gasteiger partial charge is 0.272 e. The van der Waals surface area contributed by atoms with Gasteiger partial charge in [-0.2, -0.15) is 4.31 Å². The van der Waals surface area contributed by atoms with E-state index >= 15 is 0 Å². The van der Waals surface area contributed by atoms with E-state index in [2.05, 4.69) is 0 Å². The summed E-state index contributed by atoms with van der Waals surface area (Å²) in [5, 5.41) is 0.200. The normalized spacial score (nSPS) is 11.1. The van der Waals surface area contributed by atoms with Crippen molar-refractivity contribution in [3.8, 4) is 5.75 Å². The molecule has 0 atom stereocenters. The molecule has 5 nitrogen and oxygen atoms in total. The number of nitrogens with zero attached hydrogens (tertiary/aromatic N) is 1. The summed E-state index contributed by atoms with van der Waals surface area (Å²) >= 11 is 6.19. The average molecular weight is 416 g/mol. The minimum atomic E-state index is -4.17. The monoisotopic (exact) mass is 415 g/mol. The Morgan fingerprint density at radius 1 is 0.964 bits per heavy atom. The molecule has 3 rings (SSSR count). The third kappa shape index (κ3) is 3.74. The zero-order valence-electron chi connectivity index (χ0n) is 15.3. The lowest BCUT2D eigenvalue weighted by Crippen LogP contribution is -2.37. The van der Waals surface area contributed by atoms with E-state index in [4.69, 9.17) is 16.3 Å². The summed E-state index contributed by atoms with van der Waals surface area (Å²) in [5.41, 5.74) is 1.08. The summed E-state index contributed by atoms with van der Waals surface area (Å²) in [5.74, 6) is -0.283. The predicted molar refractivity (Wildman–Crippen MR) is 110 cm³/mol. The first-order valence-corrected chi connectivity index (χ1v) is 10.2. The molecule has 28 heavy (non-hydrogen) atoms. The van der Waals surface area contributed by atoms with Crippen molar-refractivity contribution in [2.45, 2.75) is 11.8 Å². The highest BCUT2D eigenvalue weighted by Gasteiger charge is 2.32. The first-order valence-electron chi connectivity index (χ1n) is 8.40. The van der Waals surface area contributed by atoms with Crippen LogP contribution in [-0.2, 0) is 10.0 Å². The van der Waals surface area contributed by atoms with Gasteiger partial charge in [0, 0.05) is 5.56 Å². The largest absolute Gasteiger partial charge is 0.495 e. The minimum Gasteiger partial charge on any atom is -0.495 e. The third-order valence-corrected chi connectivity index (χ3v) is 6.23. The number of anilines is 1. The number of methoxy groups -OCH3 is 1. The van der Waals surface area contributed by atoms with E-state index in [1.807, 2.05) is 0 Å². The summed E-state index contributed by atoms with van der Waals surface area (Å²) in [4.78, 5) is 13.3. The van der Waals surface area contributed by atoms with E-state index in [-0.39, 0.29) is 21.2 Å². The maximum absolute atomic E-state index is 13.4. The van der Waals surface area contributed by atoms with Crippen LogP contribution >= 0.6 is 11.6 Å². The van der Waals surface area contributed by atoms with Gasteiger partial charge in [0.2, 0.25) is 0 Å². The SMILES string of the molecule is COc1ccc(N(C(=O)c2ccccc2C)S(=O)(=O)c2ccccc2)cc1Cl. The average Bonchev–Trinajstić information content (AvgIpc) is 2.69. The van der Waals surface area contributed by atoms with E-state index in [9.17, 15) is 13.2 Å². The van der Waals surface area contributed by atoms with Crippen LogP contribution in [0.4, 0.5) is 5.69 Å². The Hall–Kier alpha value is -2.83. The standard InChI is InChI=1S/C21H18ClNO4S/c1-15-8-6-7-11-18(15)21(24)23(16-12-13-20(27-2)19(22)14-16)28(25,26)17-9-4-3-5-10-17/h3-14H,1-2H3. The second kappa shape index (κ2) is 8.04. The number of rotatable bonds is 5. The van der Waals surface area contributed by atoms with Gasteiger partial charge in [0.05, 0.1) is 22.7 Å². The fourth-order valence-electron chi connectivity index (χ4n) is 2.77. The molecule has 3 aromatic carbocycles. The summed E-state index contributed by atoms with van der Waals surface area (Å²) < 4.78 is 32.6. The van der Waals surface area contributed by atoms with Crippen molar-refractivity contribution >= 4 is 33.2 Å². The topological polar surface area (TPSA) is 63.7 Å². The molecular formula is C21H18ClNO4S. The highest BCUT2D eigenvalue weighted by atomic mass is 35.5. The molecule has 0 aliphatic heterocycles. The Morgan fingerprint density at radius 3 is 2.21 bits per heavy atom. The van der Waals surface area contributed by atoms with Crippen molar-refractivity contribution in [1.29, 1.82) is 0 Å². The molecular weight excluding hydrogens is 398 g/mol. The van der Waals surface area contributed by atoms with Gasteiger partial charge < -0.3 is 4.74 Å². The molecule has 7 heteroatoms. The summed E-state index contributed by atoms with van der Waals surface area (Å²) in [6.07, 6.45) is 0. The van der Waals surface area contributed by atoms with Gasteiger partial charge in [-0.1, -0.05) is 48.0 Å². The summed E-state index contributed by atoms with van der Waals surface area (Å²) in [7, 11) is -2.71. The lowest BCUT2D eigenvalue weighted by Gasteiger charge is -2.24. The number of benzene rings is 3. The van der Waals surface area contributed by atoms with Gasteiger partial charge in [-0.25, -0.2) is 8.42 Å². The summed E-state index contributed by atoms with van der Waals surface area (Å²) in [6, 6.07) is 19.0. The van der Waals surface area contributed by atoms with Crippen LogP contribution in [0.3, 0.4) is 0 Å². The van der Waals surface area contributed by atoms with Crippen LogP contribution in [0, 0.1) is 6.92 Å². The minimum absolute atomic E-state index is 0.00359. The van der Waals surface area contributed by atoms with E-state index < -0.39 is 15.9 Å². The van der Waals surface area contributed by atoms with Crippen molar-refractivity contribution in [3.63, 3.8) is 0 Å². The number of carbonyl (C=O) groups is 1. The van der Waals surface area contributed by atoms with Gasteiger partial charge in [-0.15, -0.1) is 0 Å². The van der Waals surface area contributed by atoms with Gasteiger partial charge in [0.25, 0.3) is 15.9 Å². The number of sulfonamides is 1. The number of aryl methyl sites for hydroxylation is 1. The number of carbonyl (C=O) groups excluding carboxylic acids is 1. The molecule has 0 N–H and O–H groups in total. The maximum atomic E-state index is 13.4. The Balaban J connectivity index is 2.21. The maximum Gasteiger partial charge on any atom is 0.272 e. The predicted octanol–water partition coefficient (Wildman–Crippen LogP) is 4.69. The third-order valence-electron chi connectivity index (χ3n) is 4.21. The first kappa shape index (κ1) is 19.9. The number of hydrogen-bond acceptors (Lipinski definition) is 4. The van der Waals surface area contributed by atoms with Crippen LogP contribution in [0.25, 0.3) is 0 Å². The molecule has 0 heterocycles. The van der Waals surface area contributed by atoms with Gasteiger partial charge in [-0.3, -0.25) is 4.79 Å². The lowest BCUT2D eigenvalue weighted by atomic mass is 10.1. The molecule has 0 saturated carbocycles. The number of ether oxygens (including phenoxy) is 1. The molecule has 144 valence electrons.